The van der Waals surface area contributed by atoms with E-state index < -0.39 is 0 Å². The Morgan fingerprint density at radius 3 is 1.65 bits per heavy atom. The van der Waals surface area contributed by atoms with E-state index in [2.05, 4.69) is 175 Å². The smallest absolute Gasteiger partial charge is 0.143 e. The van der Waals surface area contributed by atoms with Gasteiger partial charge in [0.15, 0.2) is 0 Å². The molecule has 0 radical (unpaired) electrons. The van der Waals surface area contributed by atoms with E-state index in [-0.39, 0.29) is 0 Å². The van der Waals surface area contributed by atoms with Gasteiger partial charge in [0.2, 0.25) is 0 Å². The molecule has 11 aromatic rings. The van der Waals surface area contributed by atoms with Crippen molar-refractivity contribution in [3.8, 4) is 22.3 Å². The lowest BCUT2D eigenvalue weighted by atomic mass is 10.00. The summed E-state index contributed by atoms with van der Waals surface area (Å²) in [5.74, 6) is 0. The summed E-state index contributed by atoms with van der Waals surface area (Å²) in [6, 6.07) is 63.8. The minimum absolute atomic E-state index is 0.919. The Morgan fingerprint density at radius 2 is 0.885 bits per heavy atom. The van der Waals surface area contributed by atoms with Gasteiger partial charge in [-0.15, -0.1) is 22.7 Å². The second-order valence-electron chi connectivity index (χ2n) is 13.3. The van der Waals surface area contributed by atoms with Crippen molar-refractivity contribution in [2.24, 2.45) is 0 Å². The molecule has 0 aliphatic carbocycles. The number of hydrogen-bond donors (Lipinski definition) is 0. The highest BCUT2D eigenvalue weighted by Gasteiger charge is 2.18. The van der Waals surface area contributed by atoms with E-state index in [1.165, 1.54) is 51.5 Å². The first-order valence-corrected chi connectivity index (χ1v) is 19.1. The molecule has 0 spiro atoms. The van der Waals surface area contributed by atoms with Crippen molar-refractivity contribution in [2.45, 2.75) is 0 Å². The molecular weight excluding hydrogens is 671 g/mol. The van der Waals surface area contributed by atoms with Crippen LogP contribution < -0.4 is 4.90 Å². The van der Waals surface area contributed by atoms with Gasteiger partial charge >= 0.3 is 0 Å². The molecule has 3 heterocycles. The summed E-state index contributed by atoms with van der Waals surface area (Å²) in [5, 5.41) is 7.40. The van der Waals surface area contributed by atoms with Crippen molar-refractivity contribution in [1.29, 1.82) is 0 Å². The predicted molar refractivity (Wildman–Crippen MR) is 225 cm³/mol. The number of benzene rings is 8. The van der Waals surface area contributed by atoms with Crippen LogP contribution in [0, 0.1) is 0 Å². The van der Waals surface area contributed by atoms with E-state index >= 15 is 0 Å². The van der Waals surface area contributed by atoms with Gasteiger partial charge in [0.1, 0.15) is 11.2 Å². The molecular formula is C48H29NOS2. The monoisotopic (exact) mass is 699 g/mol. The molecule has 0 unspecified atom stereocenters. The molecule has 4 heteroatoms. The highest BCUT2D eigenvalue weighted by Crippen LogP contribution is 2.45. The lowest BCUT2D eigenvalue weighted by Gasteiger charge is -2.26. The van der Waals surface area contributed by atoms with Gasteiger partial charge in [-0.05, 0) is 89.5 Å². The molecule has 0 saturated carbocycles. The van der Waals surface area contributed by atoms with Gasteiger partial charge in [-0.25, -0.2) is 0 Å². The van der Waals surface area contributed by atoms with E-state index in [4.69, 9.17) is 4.42 Å². The molecule has 52 heavy (non-hydrogen) atoms. The Hall–Kier alpha value is -6.20. The van der Waals surface area contributed by atoms with E-state index in [1.807, 2.05) is 28.7 Å². The number of thiophene rings is 2. The third-order valence-corrected chi connectivity index (χ3v) is 12.6. The quantitative estimate of drug-likeness (QED) is 0.178. The topological polar surface area (TPSA) is 16.4 Å². The number of para-hydroxylation sites is 2. The van der Waals surface area contributed by atoms with Gasteiger partial charge in [-0.2, -0.15) is 0 Å². The van der Waals surface area contributed by atoms with Crippen LogP contribution >= 0.6 is 22.7 Å². The maximum atomic E-state index is 6.45. The first-order chi connectivity index (χ1) is 25.7. The van der Waals surface area contributed by atoms with Crippen LogP contribution in [-0.4, -0.2) is 0 Å². The Balaban J connectivity index is 1.09. The second-order valence-corrected chi connectivity index (χ2v) is 15.5. The molecule has 8 aromatic carbocycles. The van der Waals surface area contributed by atoms with Gasteiger partial charge < -0.3 is 9.32 Å². The first kappa shape index (κ1) is 29.5. The normalized spacial score (nSPS) is 11.8. The summed E-state index contributed by atoms with van der Waals surface area (Å²) in [4.78, 5) is 2.41. The van der Waals surface area contributed by atoms with Crippen molar-refractivity contribution >= 4 is 102 Å². The standard InChI is InChI=1S/C48H29NOS2/c1-2-9-30(10-3-1)31-17-20-33(21-18-31)49(34-22-25-46-41(28-34)38-12-5-7-16-44(38)51-46)35-23-26-47-42(29-35)40-27-32(19-24-45(40)52-47)36-13-8-14-39-37-11-4-6-15-43(37)50-48(36)39/h1-29H. The SMILES string of the molecule is c1ccc(-c2ccc(N(c3ccc4sc5ccccc5c4c3)c3ccc4sc5ccc(-c6cccc7c6oc6ccccc67)cc5c4c3)cc2)cc1. The first-order valence-electron chi connectivity index (χ1n) is 17.5. The Morgan fingerprint density at radius 1 is 0.346 bits per heavy atom. The molecule has 0 N–H and O–H groups in total. The fraction of sp³-hybridized carbons (Fsp3) is 0. The molecule has 2 nitrogen and oxygen atoms in total. The fourth-order valence-corrected chi connectivity index (χ4v) is 9.93. The highest BCUT2D eigenvalue weighted by molar-refractivity contribution is 7.26. The maximum Gasteiger partial charge on any atom is 0.143 e. The largest absolute Gasteiger partial charge is 0.455 e. The van der Waals surface area contributed by atoms with Gasteiger partial charge in [-0.1, -0.05) is 103 Å². The van der Waals surface area contributed by atoms with E-state index in [0.29, 0.717) is 0 Å². The summed E-state index contributed by atoms with van der Waals surface area (Å²) in [6.07, 6.45) is 0. The molecule has 11 rings (SSSR count). The van der Waals surface area contributed by atoms with Crippen LogP contribution in [0.25, 0.3) is 84.5 Å². The van der Waals surface area contributed by atoms with E-state index in [0.717, 1.165) is 50.1 Å². The molecule has 0 aliphatic heterocycles. The van der Waals surface area contributed by atoms with Crippen LogP contribution in [0.4, 0.5) is 17.1 Å². The average Bonchev–Trinajstić information content (AvgIpc) is 3.89. The van der Waals surface area contributed by atoms with Crippen LogP contribution in [0.15, 0.2) is 180 Å². The molecule has 3 aromatic heterocycles. The summed E-state index contributed by atoms with van der Waals surface area (Å²) in [7, 11) is 0. The Bertz CT molecular complexity index is 3130. The third kappa shape index (κ3) is 4.69. The van der Waals surface area contributed by atoms with Gasteiger partial charge in [-0.3, -0.25) is 0 Å². The number of hydrogen-bond acceptors (Lipinski definition) is 4. The number of anilines is 3. The minimum Gasteiger partial charge on any atom is -0.455 e. The average molecular weight is 700 g/mol. The van der Waals surface area contributed by atoms with Crippen LogP contribution in [-0.2, 0) is 0 Å². The maximum absolute atomic E-state index is 6.45. The van der Waals surface area contributed by atoms with Crippen LogP contribution in [0.3, 0.4) is 0 Å². The molecule has 244 valence electrons. The number of fused-ring (bicyclic) bond motifs is 9. The zero-order valence-electron chi connectivity index (χ0n) is 27.9. The molecule has 0 saturated heterocycles. The summed E-state index contributed by atoms with van der Waals surface area (Å²) in [5.41, 5.74) is 9.93. The molecule has 0 bridgehead atoms. The zero-order chi connectivity index (χ0) is 34.2. The number of rotatable bonds is 5. The highest BCUT2D eigenvalue weighted by atomic mass is 32.1. The molecule has 0 aliphatic rings. The summed E-state index contributed by atoms with van der Waals surface area (Å²) in [6.45, 7) is 0. The van der Waals surface area contributed by atoms with E-state index in [1.54, 1.807) is 0 Å². The van der Waals surface area contributed by atoms with Crippen molar-refractivity contribution in [3.63, 3.8) is 0 Å². The Labute approximate surface area is 308 Å². The number of nitrogens with zero attached hydrogens (tertiary/aromatic N) is 1. The van der Waals surface area contributed by atoms with Crippen LogP contribution in [0.2, 0.25) is 0 Å². The second kappa shape index (κ2) is 11.7. The van der Waals surface area contributed by atoms with Crippen LogP contribution in [0.1, 0.15) is 0 Å². The van der Waals surface area contributed by atoms with Crippen molar-refractivity contribution in [1.82, 2.24) is 0 Å². The van der Waals surface area contributed by atoms with Crippen molar-refractivity contribution in [3.05, 3.63) is 176 Å². The molecule has 0 fully saturated rings. The lowest BCUT2D eigenvalue weighted by molar-refractivity contribution is 0.670. The predicted octanol–water partition coefficient (Wildman–Crippen LogP) is 15.1. The minimum atomic E-state index is 0.919. The van der Waals surface area contributed by atoms with Gasteiger partial charge in [0, 0.05) is 73.7 Å². The van der Waals surface area contributed by atoms with E-state index in [9.17, 15) is 0 Å². The lowest BCUT2D eigenvalue weighted by Crippen LogP contribution is -2.09. The number of furan rings is 1. The van der Waals surface area contributed by atoms with Crippen LogP contribution in [0.5, 0.6) is 0 Å². The third-order valence-electron chi connectivity index (χ3n) is 10.3. The molecule has 0 atom stereocenters. The van der Waals surface area contributed by atoms with Crippen molar-refractivity contribution in [2.75, 3.05) is 4.90 Å². The van der Waals surface area contributed by atoms with Crippen molar-refractivity contribution < 1.29 is 4.42 Å². The molecule has 0 amide bonds. The fourth-order valence-electron chi connectivity index (χ4n) is 7.78. The van der Waals surface area contributed by atoms with Gasteiger partial charge in [0.25, 0.3) is 0 Å². The summed E-state index contributed by atoms with van der Waals surface area (Å²) >= 11 is 3.70. The Kier molecular flexibility index (Phi) is 6.63. The van der Waals surface area contributed by atoms with Gasteiger partial charge in [0.05, 0.1) is 0 Å². The summed E-state index contributed by atoms with van der Waals surface area (Å²) < 4.78 is 11.6. The zero-order valence-corrected chi connectivity index (χ0v) is 29.5.